The van der Waals surface area contributed by atoms with Gasteiger partial charge in [-0.05, 0) is 26.7 Å². The van der Waals surface area contributed by atoms with Crippen LogP contribution in [0.5, 0.6) is 0 Å². The lowest BCUT2D eigenvalue weighted by Gasteiger charge is -2.42. The van der Waals surface area contributed by atoms with Crippen LogP contribution < -0.4 is 10.6 Å². The Labute approximate surface area is 110 Å². The second kappa shape index (κ2) is 4.06. The van der Waals surface area contributed by atoms with Crippen molar-refractivity contribution in [3.8, 4) is 0 Å². The van der Waals surface area contributed by atoms with Gasteiger partial charge in [-0.1, -0.05) is 0 Å². The van der Waals surface area contributed by atoms with Gasteiger partial charge in [0.05, 0.1) is 17.2 Å². The number of fused-ring (bicyclic) bond motifs is 1. The summed E-state index contributed by atoms with van der Waals surface area (Å²) in [5.74, 6) is 0.952. The second-order valence-electron chi connectivity index (χ2n) is 5.55. The van der Waals surface area contributed by atoms with Crippen LogP contribution in [0.1, 0.15) is 26.7 Å². The number of β-amino-alcohol motifs (C(OH)–C–C–N with tert-alkyl or cyclic N) is 1. The lowest BCUT2D eigenvalue weighted by Crippen LogP contribution is -2.50. The molecular weight excluding hydrogens is 244 g/mol. The van der Waals surface area contributed by atoms with Crippen LogP contribution in [0.3, 0.4) is 0 Å². The number of anilines is 2. The molecule has 2 atom stereocenters. The maximum atomic E-state index is 10.3. The van der Waals surface area contributed by atoms with Crippen molar-refractivity contribution in [1.82, 2.24) is 20.2 Å². The number of H-pyrrole nitrogens is 1. The summed E-state index contributed by atoms with van der Waals surface area (Å²) in [7, 11) is 0. The van der Waals surface area contributed by atoms with E-state index < -0.39 is 5.60 Å². The summed E-state index contributed by atoms with van der Waals surface area (Å²) in [5, 5.41) is 17.9. The van der Waals surface area contributed by atoms with Gasteiger partial charge in [-0.15, -0.1) is 0 Å². The minimum absolute atomic E-state index is 0.212. The average Bonchev–Trinajstić information content (AvgIpc) is 2.79. The maximum absolute atomic E-state index is 10.3. The number of nitrogens with zero attached hydrogens (tertiary/aromatic N) is 4. The normalized spacial score (nSPS) is 27.9. The molecule has 7 heteroatoms. The van der Waals surface area contributed by atoms with Crippen molar-refractivity contribution in [1.29, 1.82) is 0 Å². The van der Waals surface area contributed by atoms with Crippen molar-refractivity contribution in [3.05, 3.63) is 6.20 Å². The summed E-state index contributed by atoms with van der Waals surface area (Å²) >= 11 is 0. The SMILES string of the molecule is CC1CCC(C)(O)CN1c1nc(N)nc2[nH]ncc12. The Kier molecular flexibility index (Phi) is 2.60. The highest BCUT2D eigenvalue weighted by atomic mass is 16.3. The number of nitrogens with two attached hydrogens (primary N) is 1. The third kappa shape index (κ3) is 2.10. The van der Waals surface area contributed by atoms with Crippen molar-refractivity contribution in [2.45, 2.75) is 38.3 Å². The molecule has 2 unspecified atom stereocenters. The molecule has 102 valence electrons. The zero-order valence-corrected chi connectivity index (χ0v) is 11.1. The van der Waals surface area contributed by atoms with Gasteiger partial charge in [-0.25, -0.2) is 0 Å². The summed E-state index contributed by atoms with van der Waals surface area (Å²) < 4.78 is 0. The van der Waals surface area contributed by atoms with Crippen LogP contribution >= 0.6 is 0 Å². The van der Waals surface area contributed by atoms with Gasteiger partial charge >= 0.3 is 0 Å². The number of aromatic nitrogens is 4. The van der Waals surface area contributed by atoms with Crippen LogP contribution in [0.2, 0.25) is 0 Å². The van der Waals surface area contributed by atoms with E-state index in [0.29, 0.717) is 18.2 Å². The number of aliphatic hydroxyl groups is 1. The molecule has 0 radical (unpaired) electrons. The molecule has 1 fully saturated rings. The Balaban J connectivity index is 2.09. The summed E-state index contributed by atoms with van der Waals surface area (Å²) in [6.45, 7) is 4.51. The largest absolute Gasteiger partial charge is 0.388 e. The molecule has 1 aliphatic rings. The van der Waals surface area contributed by atoms with Crippen molar-refractivity contribution >= 4 is 22.8 Å². The third-order valence-corrected chi connectivity index (χ3v) is 3.72. The molecule has 3 heterocycles. The van der Waals surface area contributed by atoms with Crippen molar-refractivity contribution in [2.75, 3.05) is 17.2 Å². The fraction of sp³-hybridized carbons (Fsp3) is 0.583. The first-order chi connectivity index (χ1) is 8.96. The molecule has 2 aromatic heterocycles. The van der Waals surface area contributed by atoms with E-state index in [2.05, 4.69) is 32.0 Å². The van der Waals surface area contributed by atoms with Gasteiger partial charge in [0.1, 0.15) is 5.82 Å². The molecule has 19 heavy (non-hydrogen) atoms. The van der Waals surface area contributed by atoms with E-state index in [9.17, 15) is 5.11 Å². The molecule has 0 amide bonds. The minimum Gasteiger partial charge on any atom is -0.388 e. The van der Waals surface area contributed by atoms with Gasteiger partial charge in [0.15, 0.2) is 5.65 Å². The summed E-state index contributed by atoms with van der Waals surface area (Å²) in [6, 6.07) is 0.299. The van der Waals surface area contributed by atoms with Crippen LogP contribution in [0.25, 0.3) is 11.0 Å². The molecule has 0 bridgehead atoms. The first-order valence-electron chi connectivity index (χ1n) is 6.42. The zero-order chi connectivity index (χ0) is 13.6. The average molecular weight is 262 g/mol. The molecule has 0 spiro atoms. The van der Waals surface area contributed by atoms with Gasteiger partial charge < -0.3 is 15.7 Å². The van der Waals surface area contributed by atoms with E-state index in [1.54, 1.807) is 6.20 Å². The molecule has 0 saturated carbocycles. The number of hydrogen-bond acceptors (Lipinski definition) is 6. The number of hydrogen-bond donors (Lipinski definition) is 3. The molecular formula is C12H18N6O. The first kappa shape index (κ1) is 12.2. The molecule has 3 rings (SSSR count). The van der Waals surface area contributed by atoms with E-state index in [1.165, 1.54) is 0 Å². The smallest absolute Gasteiger partial charge is 0.224 e. The minimum atomic E-state index is -0.706. The quantitative estimate of drug-likeness (QED) is 0.698. The number of rotatable bonds is 1. The number of nitrogens with one attached hydrogen (secondary N) is 1. The molecule has 1 saturated heterocycles. The van der Waals surface area contributed by atoms with Crippen LogP contribution in [0, 0.1) is 0 Å². The van der Waals surface area contributed by atoms with Gasteiger partial charge in [0.2, 0.25) is 5.95 Å². The highest BCUT2D eigenvalue weighted by molar-refractivity contribution is 5.87. The van der Waals surface area contributed by atoms with Gasteiger partial charge in [-0.2, -0.15) is 15.1 Å². The standard InChI is InChI=1S/C12H18N6O/c1-7-3-4-12(2,19)6-18(7)10-8-5-14-17-9(8)15-11(13)16-10/h5,7,19H,3-4,6H2,1-2H3,(H3,13,14,15,16,17). The van der Waals surface area contributed by atoms with E-state index in [4.69, 9.17) is 5.73 Å². The Morgan fingerprint density at radius 2 is 2.32 bits per heavy atom. The Morgan fingerprint density at radius 3 is 3.11 bits per heavy atom. The monoisotopic (exact) mass is 262 g/mol. The van der Waals surface area contributed by atoms with E-state index in [-0.39, 0.29) is 5.95 Å². The summed E-state index contributed by atoms with van der Waals surface area (Å²) in [5.41, 5.74) is 5.66. The van der Waals surface area contributed by atoms with Crippen molar-refractivity contribution in [3.63, 3.8) is 0 Å². The number of aromatic amines is 1. The summed E-state index contributed by atoms with van der Waals surface area (Å²) in [6.07, 6.45) is 3.40. The van der Waals surface area contributed by atoms with Crippen molar-refractivity contribution < 1.29 is 5.11 Å². The predicted octanol–water partition coefficient (Wildman–Crippen LogP) is 0.675. The number of piperidine rings is 1. The van der Waals surface area contributed by atoms with E-state index in [1.807, 2.05) is 6.92 Å². The lowest BCUT2D eigenvalue weighted by atomic mass is 9.91. The van der Waals surface area contributed by atoms with E-state index in [0.717, 1.165) is 24.0 Å². The van der Waals surface area contributed by atoms with Crippen LogP contribution in [-0.2, 0) is 0 Å². The maximum Gasteiger partial charge on any atom is 0.224 e. The van der Waals surface area contributed by atoms with Crippen LogP contribution in [0.4, 0.5) is 11.8 Å². The first-order valence-corrected chi connectivity index (χ1v) is 6.42. The Bertz CT molecular complexity index is 607. The van der Waals surface area contributed by atoms with Crippen LogP contribution in [-0.4, -0.2) is 43.5 Å². The Hall–Kier alpha value is -1.89. The fourth-order valence-electron chi connectivity index (χ4n) is 2.62. The van der Waals surface area contributed by atoms with Gasteiger partial charge in [-0.3, -0.25) is 5.10 Å². The van der Waals surface area contributed by atoms with Crippen LogP contribution in [0.15, 0.2) is 6.20 Å². The Morgan fingerprint density at radius 1 is 1.53 bits per heavy atom. The number of nitrogen functional groups attached to an aromatic ring is 1. The zero-order valence-electron chi connectivity index (χ0n) is 11.1. The lowest BCUT2D eigenvalue weighted by molar-refractivity contribution is 0.0377. The molecule has 4 N–H and O–H groups in total. The van der Waals surface area contributed by atoms with Gasteiger partial charge in [0, 0.05) is 12.6 Å². The molecule has 0 aliphatic carbocycles. The molecule has 7 nitrogen and oxygen atoms in total. The summed E-state index contributed by atoms with van der Waals surface area (Å²) in [4.78, 5) is 10.5. The predicted molar refractivity (Wildman–Crippen MR) is 72.8 cm³/mol. The molecule has 2 aromatic rings. The van der Waals surface area contributed by atoms with Crippen molar-refractivity contribution in [2.24, 2.45) is 0 Å². The highest BCUT2D eigenvalue weighted by Gasteiger charge is 2.34. The molecule has 0 aromatic carbocycles. The molecule has 1 aliphatic heterocycles. The topological polar surface area (TPSA) is 104 Å². The van der Waals surface area contributed by atoms with E-state index >= 15 is 0 Å². The highest BCUT2D eigenvalue weighted by Crippen LogP contribution is 2.32. The third-order valence-electron chi connectivity index (χ3n) is 3.72. The second-order valence-corrected chi connectivity index (χ2v) is 5.55. The fourth-order valence-corrected chi connectivity index (χ4v) is 2.62. The van der Waals surface area contributed by atoms with Gasteiger partial charge in [0.25, 0.3) is 0 Å².